The summed E-state index contributed by atoms with van der Waals surface area (Å²) >= 11 is 0. The van der Waals surface area contributed by atoms with Crippen LogP contribution >= 0.6 is 0 Å². The summed E-state index contributed by atoms with van der Waals surface area (Å²) in [7, 11) is 0. The summed E-state index contributed by atoms with van der Waals surface area (Å²) in [6.45, 7) is 7.53. The number of carbonyl (C=O) groups is 1. The third-order valence-electron chi connectivity index (χ3n) is 2.98. The number of hydrogen-bond acceptors (Lipinski definition) is 2. The van der Waals surface area contributed by atoms with Gasteiger partial charge >= 0.3 is 5.97 Å². The van der Waals surface area contributed by atoms with E-state index in [1.54, 1.807) is 13.8 Å². The summed E-state index contributed by atoms with van der Waals surface area (Å²) in [6.07, 6.45) is 3.56. The monoisotopic (exact) mass is 199 g/mol. The Labute approximate surface area is 86.1 Å². The van der Waals surface area contributed by atoms with Crippen LogP contribution in [0.1, 0.15) is 40.0 Å². The van der Waals surface area contributed by atoms with Gasteiger partial charge in [-0.15, -0.1) is 0 Å². The molecule has 1 N–H and O–H groups in total. The van der Waals surface area contributed by atoms with Crippen LogP contribution in [-0.2, 0) is 4.79 Å². The van der Waals surface area contributed by atoms with Crippen LogP contribution in [0.5, 0.6) is 0 Å². The highest BCUT2D eigenvalue weighted by Crippen LogP contribution is 2.32. The van der Waals surface area contributed by atoms with Crippen LogP contribution < -0.4 is 0 Å². The van der Waals surface area contributed by atoms with Crippen molar-refractivity contribution in [1.29, 1.82) is 0 Å². The van der Waals surface area contributed by atoms with E-state index in [1.807, 2.05) is 0 Å². The van der Waals surface area contributed by atoms with Gasteiger partial charge in [0.15, 0.2) is 0 Å². The van der Waals surface area contributed by atoms with Crippen LogP contribution in [0.25, 0.3) is 0 Å². The zero-order valence-corrected chi connectivity index (χ0v) is 9.42. The Kier molecular flexibility index (Phi) is 3.53. The summed E-state index contributed by atoms with van der Waals surface area (Å²) in [4.78, 5) is 13.2. The molecular formula is C11H21NO2. The summed E-state index contributed by atoms with van der Waals surface area (Å²) in [5.74, 6) is 0.0341. The molecule has 82 valence electrons. The molecule has 0 radical (unpaired) electrons. The number of carboxylic acids is 1. The van der Waals surface area contributed by atoms with Crippen LogP contribution in [0.4, 0.5) is 0 Å². The number of nitrogens with zero attached hydrogens (tertiary/aromatic N) is 1. The molecule has 0 atom stereocenters. The molecule has 1 fully saturated rings. The summed E-state index contributed by atoms with van der Waals surface area (Å²) < 4.78 is 0. The lowest BCUT2D eigenvalue weighted by molar-refractivity contribution is -0.149. The molecule has 1 aliphatic carbocycles. The van der Waals surface area contributed by atoms with Crippen molar-refractivity contribution in [1.82, 2.24) is 4.90 Å². The molecule has 0 aromatic carbocycles. The first-order valence-corrected chi connectivity index (χ1v) is 5.47. The van der Waals surface area contributed by atoms with Gasteiger partial charge in [-0.1, -0.05) is 6.92 Å². The van der Waals surface area contributed by atoms with E-state index in [4.69, 9.17) is 5.11 Å². The minimum absolute atomic E-state index is 0.710. The average molecular weight is 199 g/mol. The standard InChI is InChI=1S/C11H21NO2/c1-4-7-12(8-9-5-6-9)11(2,3)10(13)14/h9H,4-8H2,1-3H3,(H,13,14). The van der Waals surface area contributed by atoms with Crippen molar-refractivity contribution in [2.24, 2.45) is 5.92 Å². The van der Waals surface area contributed by atoms with Gasteiger partial charge in [0.05, 0.1) is 0 Å². The van der Waals surface area contributed by atoms with E-state index in [0.717, 1.165) is 25.4 Å². The van der Waals surface area contributed by atoms with Crippen LogP contribution in [-0.4, -0.2) is 34.6 Å². The van der Waals surface area contributed by atoms with E-state index >= 15 is 0 Å². The Bertz CT molecular complexity index is 209. The lowest BCUT2D eigenvalue weighted by Crippen LogP contribution is -2.51. The lowest BCUT2D eigenvalue weighted by Gasteiger charge is -2.34. The van der Waals surface area contributed by atoms with Gasteiger partial charge in [0, 0.05) is 6.54 Å². The van der Waals surface area contributed by atoms with Crippen molar-refractivity contribution in [3.05, 3.63) is 0 Å². The molecule has 0 aromatic rings. The number of aliphatic carboxylic acids is 1. The van der Waals surface area contributed by atoms with Gasteiger partial charge in [0.2, 0.25) is 0 Å². The van der Waals surface area contributed by atoms with E-state index in [1.165, 1.54) is 12.8 Å². The van der Waals surface area contributed by atoms with E-state index in [0.29, 0.717) is 0 Å². The summed E-state index contributed by atoms with van der Waals surface area (Å²) in [5.41, 5.74) is -0.710. The quantitative estimate of drug-likeness (QED) is 0.711. The molecule has 0 amide bonds. The predicted octanol–water partition coefficient (Wildman–Crippen LogP) is 1.97. The van der Waals surface area contributed by atoms with Crippen molar-refractivity contribution in [3.63, 3.8) is 0 Å². The Morgan fingerprint density at radius 1 is 1.50 bits per heavy atom. The van der Waals surface area contributed by atoms with Crippen LogP contribution in [0.2, 0.25) is 0 Å². The van der Waals surface area contributed by atoms with Crippen molar-refractivity contribution in [2.75, 3.05) is 13.1 Å². The molecule has 3 heteroatoms. The zero-order chi connectivity index (χ0) is 10.8. The molecule has 3 nitrogen and oxygen atoms in total. The minimum Gasteiger partial charge on any atom is -0.480 e. The second-order valence-corrected chi connectivity index (χ2v) is 4.75. The van der Waals surface area contributed by atoms with E-state index in [2.05, 4.69) is 11.8 Å². The maximum atomic E-state index is 11.1. The molecule has 0 unspecified atom stereocenters. The van der Waals surface area contributed by atoms with Crippen molar-refractivity contribution >= 4 is 5.97 Å². The molecule has 0 heterocycles. The second-order valence-electron chi connectivity index (χ2n) is 4.75. The number of rotatable bonds is 6. The molecule has 1 aliphatic rings. The lowest BCUT2D eigenvalue weighted by atomic mass is 10.0. The Balaban J connectivity index is 2.58. The molecule has 0 aromatic heterocycles. The maximum Gasteiger partial charge on any atom is 0.323 e. The largest absolute Gasteiger partial charge is 0.480 e. The summed E-state index contributed by atoms with van der Waals surface area (Å²) in [6, 6.07) is 0. The summed E-state index contributed by atoms with van der Waals surface area (Å²) in [5, 5.41) is 9.13. The van der Waals surface area contributed by atoms with Gasteiger partial charge < -0.3 is 5.11 Å². The number of carboxylic acid groups (broad SMARTS) is 1. The molecule has 1 saturated carbocycles. The van der Waals surface area contributed by atoms with Gasteiger partial charge in [0.25, 0.3) is 0 Å². The smallest absolute Gasteiger partial charge is 0.323 e. The van der Waals surface area contributed by atoms with Crippen molar-refractivity contribution in [2.45, 2.75) is 45.6 Å². The molecule has 14 heavy (non-hydrogen) atoms. The SMILES string of the molecule is CCCN(CC1CC1)C(C)(C)C(=O)O. The van der Waals surface area contributed by atoms with E-state index < -0.39 is 11.5 Å². The van der Waals surface area contributed by atoms with E-state index in [-0.39, 0.29) is 0 Å². The topological polar surface area (TPSA) is 40.5 Å². The Morgan fingerprint density at radius 2 is 2.07 bits per heavy atom. The molecule has 0 saturated heterocycles. The fraction of sp³-hybridized carbons (Fsp3) is 0.909. The minimum atomic E-state index is -0.716. The van der Waals surface area contributed by atoms with Crippen LogP contribution in [0.3, 0.4) is 0 Å². The van der Waals surface area contributed by atoms with Gasteiger partial charge in [-0.05, 0) is 45.6 Å². The predicted molar refractivity (Wildman–Crippen MR) is 56.3 cm³/mol. The Hall–Kier alpha value is -0.570. The number of hydrogen-bond donors (Lipinski definition) is 1. The second kappa shape index (κ2) is 4.30. The molecule has 0 spiro atoms. The highest BCUT2D eigenvalue weighted by molar-refractivity contribution is 5.77. The van der Waals surface area contributed by atoms with Crippen molar-refractivity contribution < 1.29 is 9.90 Å². The first-order chi connectivity index (χ1) is 6.48. The Morgan fingerprint density at radius 3 is 2.43 bits per heavy atom. The van der Waals surface area contributed by atoms with Gasteiger partial charge in [-0.3, -0.25) is 9.69 Å². The maximum absolute atomic E-state index is 11.1. The molecule has 0 aliphatic heterocycles. The van der Waals surface area contributed by atoms with Gasteiger partial charge in [-0.2, -0.15) is 0 Å². The highest BCUT2D eigenvalue weighted by Gasteiger charge is 2.37. The first-order valence-electron chi connectivity index (χ1n) is 5.47. The first kappa shape index (κ1) is 11.5. The fourth-order valence-corrected chi connectivity index (χ4v) is 1.62. The van der Waals surface area contributed by atoms with Gasteiger partial charge in [0.1, 0.15) is 5.54 Å². The normalized spacial score (nSPS) is 17.4. The van der Waals surface area contributed by atoms with Crippen molar-refractivity contribution in [3.8, 4) is 0 Å². The van der Waals surface area contributed by atoms with Crippen LogP contribution in [0.15, 0.2) is 0 Å². The average Bonchev–Trinajstić information content (AvgIpc) is 2.87. The van der Waals surface area contributed by atoms with Gasteiger partial charge in [-0.25, -0.2) is 0 Å². The van der Waals surface area contributed by atoms with E-state index in [9.17, 15) is 4.79 Å². The van der Waals surface area contributed by atoms with Crippen LogP contribution in [0, 0.1) is 5.92 Å². The fourth-order valence-electron chi connectivity index (χ4n) is 1.62. The highest BCUT2D eigenvalue weighted by atomic mass is 16.4. The molecule has 0 bridgehead atoms. The molecule has 1 rings (SSSR count). The molecular weight excluding hydrogens is 178 g/mol. The zero-order valence-electron chi connectivity index (χ0n) is 9.42. The third kappa shape index (κ3) is 2.71. The third-order valence-corrected chi connectivity index (χ3v) is 2.98.